The van der Waals surface area contributed by atoms with Gasteiger partial charge in [0.15, 0.2) is 15.0 Å². The maximum Gasteiger partial charge on any atom is 0.260 e. The number of carbonyl (C=O) groups is 1. The minimum Gasteiger partial charge on any atom is -0.309 e. The Hall–Kier alpha value is -2.00. The first kappa shape index (κ1) is 25.3. The van der Waals surface area contributed by atoms with Gasteiger partial charge in [-0.05, 0) is 82.4 Å². The summed E-state index contributed by atoms with van der Waals surface area (Å²) in [6, 6.07) is 10.2. The lowest BCUT2D eigenvalue weighted by Gasteiger charge is -2.21. The number of nitrogens with zero attached hydrogens (tertiary/aromatic N) is 3. The van der Waals surface area contributed by atoms with E-state index in [1.165, 1.54) is 29.0 Å². The number of halogens is 1. The van der Waals surface area contributed by atoms with Crippen LogP contribution in [-0.4, -0.2) is 57.6 Å². The lowest BCUT2D eigenvalue weighted by atomic mass is 10.1. The molecule has 1 aromatic heterocycles. The van der Waals surface area contributed by atoms with Gasteiger partial charge in [-0.15, -0.1) is 12.4 Å². The van der Waals surface area contributed by atoms with E-state index in [0.717, 1.165) is 35.0 Å². The molecule has 3 aromatic rings. The van der Waals surface area contributed by atoms with E-state index in [1.807, 2.05) is 27.1 Å². The minimum absolute atomic E-state index is 0. The Morgan fingerprint density at radius 1 is 1.03 bits per heavy atom. The summed E-state index contributed by atoms with van der Waals surface area (Å²) in [4.78, 5) is 22.1. The summed E-state index contributed by atoms with van der Waals surface area (Å²) in [7, 11) is 0.691. The van der Waals surface area contributed by atoms with Gasteiger partial charge in [-0.2, -0.15) is 0 Å². The highest BCUT2D eigenvalue weighted by Gasteiger charge is 2.22. The molecule has 6 nitrogen and oxygen atoms in total. The molecule has 1 amide bonds. The molecule has 0 unspecified atom stereocenters. The molecule has 168 valence electrons. The average Bonchev–Trinajstić information content (AvgIpc) is 3.11. The Kier molecular flexibility index (Phi) is 8.21. The van der Waals surface area contributed by atoms with Crippen LogP contribution in [0.3, 0.4) is 0 Å². The number of hydrogen-bond donors (Lipinski definition) is 0. The van der Waals surface area contributed by atoms with Crippen LogP contribution < -0.4 is 4.90 Å². The van der Waals surface area contributed by atoms with E-state index in [1.54, 1.807) is 17.0 Å². The number of aromatic nitrogens is 1. The van der Waals surface area contributed by atoms with Crippen molar-refractivity contribution >= 4 is 54.8 Å². The van der Waals surface area contributed by atoms with E-state index >= 15 is 0 Å². The molecular formula is C22H28ClN3O3S2. The van der Waals surface area contributed by atoms with Crippen LogP contribution in [0.4, 0.5) is 5.13 Å². The smallest absolute Gasteiger partial charge is 0.260 e. The highest BCUT2D eigenvalue weighted by Crippen LogP contribution is 2.32. The number of thiazole rings is 1. The molecule has 0 N–H and O–H groups in total. The third-order valence-electron chi connectivity index (χ3n) is 5.07. The second-order valence-electron chi connectivity index (χ2n) is 7.76. The van der Waals surface area contributed by atoms with Gasteiger partial charge >= 0.3 is 0 Å². The molecule has 1 heterocycles. The summed E-state index contributed by atoms with van der Waals surface area (Å²) in [5, 5.41) is 0.662. The zero-order valence-electron chi connectivity index (χ0n) is 18.4. The minimum atomic E-state index is -3.31. The summed E-state index contributed by atoms with van der Waals surface area (Å²) >= 11 is 1.50. The fourth-order valence-electron chi connectivity index (χ4n) is 3.16. The highest BCUT2D eigenvalue weighted by atomic mass is 35.5. The molecule has 0 aliphatic heterocycles. The first-order valence-electron chi connectivity index (χ1n) is 9.71. The van der Waals surface area contributed by atoms with Gasteiger partial charge in [0.05, 0.1) is 15.1 Å². The first-order chi connectivity index (χ1) is 14.1. The van der Waals surface area contributed by atoms with Crippen molar-refractivity contribution in [2.45, 2.75) is 25.2 Å². The number of hydrogen-bond acceptors (Lipinski definition) is 6. The number of anilines is 1. The number of benzene rings is 2. The lowest BCUT2D eigenvalue weighted by molar-refractivity contribution is 0.0986. The van der Waals surface area contributed by atoms with Gasteiger partial charge < -0.3 is 4.90 Å². The zero-order valence-corrected chi connectivity index (χ0v) is 20.8. The van der Waals surface area contributed by atoms with Crippen LogP contribution in [-0.2, 0) is 9.84 Å². The largest absolute Gasteiger partial charge is 0.309 e. The number of fused-ring (bicyclic) bond motifs is 1. The number of aryl methyl sites for hydroxylation is 2. The van der Waals surface area contributed by atoms with Crippen molar-refractivity contribution in [1.82, 2.24) is 9.88 Å². The van der Waals surface area contributed by atoms with Crippen molar-refractivity contribution in [3.05, 3.63) is 53.1 Å². The highest BCUT2D eigenvalue weighted by molar-refractivity contribution is 7.90. The molecule has 0 spiro atoms. The predicted molar refractivity (Wildman–Crippen MR) is 131 cm³/mol. The Bertz CT molecular complexity index is 1170. The van der Waals surface area contributed by atoms with Crippen molar-refractivity contribution in [1.29, 1.82) is 0 Å². The van der Waals surface area contributed by atoms with Crippen molar-refractivity contribution < 1.29 is 13.2 Å². The normalized spacial score (nSPS) is 11.5. The molecule has 0 fully saturated rings. The Balaban J connectivity index is 0.00000341. The summed E-state index contributed by atoms with van der Waals surface area (Å²) in [6.07, 6.45) is 1.96. The summed E-state index contributed by atoms with van der Waals surface area (Å²) in [6.45, 7) is 5.48. The van der Waals surface area contributed by atoms with Gasteiger partial charge in [-0.25, -0.2) is 13.4 Å². The molecular weight excluding hydrogens is 454 g/mol. The van der Waals surface area contributed by atoms with Crippen molar-refractivity contribution in [2.75, 3.05) is 38.3 Å². The quantitative estimate of drug-likeness (QED) is 0.502. The summed E-state index contributed by atoms with van der Waals surface area (Å²) < 4.78 is 24.5. The molecule has 0 bridgehead atoms. The molecule has 0 aliphatic rings. The van der Waals surface area contributed by atoms with Gasteiger partial charge in [-0.1, -0.05) is 17.4 Å². The molecule has 0 radical (unpaired) electrons. The van der Waals surface area contributed by atoms with Crippen LogP contribution in [0.5, 0.6) is 0 Å². The molecule has 9 heteroatoms. The van der Waals surface area contributed by atoms with Gasteiger partial charge in [0.1, 0.15) is 0 Å². The SMILES string of the molecule is Cc1ccc2sc(N(CCCN(C)C)C(=O)c3ccc(S(C)(=O)=O)cc3)nc2c1C.Cl. The molecule has 0 atom stereocenters. The zero-order chi connectivity index (χ0) is 22.1. The molecule has 0 saturated carbocycles. The maximum absolute atomic E-state index is 13.3. The van der Waals surface area contributed by atoms with Crippen molar-refractivity contribution in [3.8, 4) is 0 Å². The van der Waals surface area contributed by atoms with E-state index < -0.39 is 9.84 Å². The van der Waals surface area contributed by atoms with Crippen LogP contribution in [0.25, 0.3) is 10.2 Å². The topological polar surface area (TPSA) is 70.6 Å². The van der Waals surface area contributed by atoms with Gasteiger partial charge in [0.25, 0.3) is 5.91 Å². The second-order valence-corrected chi connectivity index (χ2v) is 10.8. The number of amides is 1. The third-order valence-corrected chi connectivity index (χ3v) is 7.24. The van der Waals surface area contributed by atoms with E-state index in [4.69, 9.17) is 4.98 Å². The van der Waals surface area contributed by atoms with E-state index in [-0.39, 0.29) is 23.2 Å². The predicted octanol–water partition coefficient (Wildman–Crippen LogP) is 4.34. The second kappa shape index (κ2) is 10.1. The number of sulfone groups is 1. The fourth-order valence-corrected chi connectivity index (χ4v) is 4.84. The maximum atomic E-state index is 13.3. The number of rotatable bonds is 7. The van der Waals surface area contributed by atoms with E-state index in [2.05, 4.69) is 17.9 Å². The Labute approximate surface area is 194 Å². The monoisotopic (exact) mass is 481 g/mol. The lowest BCUT2D eigenvalue weighted by Crippen LogP contribution is -2.33. The van der Waals surface area contributed by atoms with E-state index in [0.29, 0.717) is 17.2 Å². The molecule has 2 aromatic carbocycles. The fraction of sp³-hybridized carbons (Fsp3) is 0.364. The summed E-state index contributed by atoms with van der Waals surface area (Å²) in [5.41, 5.74) is 3.65. The van der Waals surface area contributed by atoms with Crippen LogP contribution in [0.1, 0.15) is 27.9 Å². The molecule has 0 aliphatic carbocycles. The van der Waals surface area contributed by atoms with Crippen LogP contribution in [0.15, 0.2) is 41.3 Å². The van der Waals surface area contributed by atoms with E-state index in [9.17, 15) is 13.2 Å². The van der Waals surface area contributed by atoms with Crippen LogP contribution in [0, 0.1) is 13.8 Å². The van der Waals surface area contributed by atoms with Crippen LogP contribution in [0.2, 0.25) is 0 Å². The Morgan fingerprint density at radius 3 is 2.26 bits per heavy atom. The van der Waals surface area contributed by atoms with Gasteiger partial charge in [0.2, 0.25) is 0 Å². The van der Waals surface area contributed by atoms with Crippen LogP contribution >= 0.6 is 23.7 Å². The molecule has 0 saturated heterocycles. The molecule has 31 heavy (non-hydrogen) atoms. The van der Waals surface area contributed by atoms with Gasteiger partial charge in [-0.3, -0.25) is 9.69 Å². The standard InChI is InChI=1S/C22H27N3O3S2.ClH/c1-15-7-12-19-20(16(15)2)23-22(29-19)25(14-6-13-24(3)4)21(26)17-8-10-18(11-9-17)30(5,27)28;/h7-12H,6,13-14H2,1-5H3;1H. The summed E-state index contributed by atoms with van der Waals surface area (Å²) in [5.74, 6) is -0.178. The number of carbonyl (C=O) groups excluding carboxylic acids is 1. The Morgan fingerprint density at radius 2 is 1.68 bits per heavy atom. The van der Waals surface area contributed by atoms with Gasteiger partial charge in [0, 0.05) is 18.4 Å². The average molecular weight is 482 g/mol. The third kappa shape index (κ3) is 5.83. The van der Waals surface area contributed by atoms with Crippen molar-refractivity contribution in [2.24, 2.45) is 0 Å². The first-order valence-corrected chi connectivity index (χ1v) is 12.4. The van der Waals surface area contributed by atoms with Crippen molar-refractivity contribution in [3.63, 3.8) is 0 Å². The molecule has 3 rings (SSSR count).